The molecule has 10 heteroatoms. The Morgan fingerprint density at radius 3 is 2.88 bits per heavy atom. The maximum absolute atomic E-state index is 12.8. The van der Waals surface area contributed by atoms with E-state index in [4.69, 9.17) is 4.74 Å². The van der Waals surface area contributed by atoms with Crippen LogP contribution in [0.1, 0.15) is 40.1 Å². The van der Waals surface area contributed by atoms with Crippen LogP contribution in [0.15, 0.2) is 42.2 Å². The third-order valence-corrected chi connectivity index (χ3v) is 7.49. The predicted octanol–water partition coefficient (Wildman–Crippen LogP) is 4.37. The quantitative estimate of drug-likeness (QED) is 0.220. The van der Waals surface area contributed by atoms with Gasteiger partial charge in [-0.3, -0.25) is 14.3 Å². The molecule has 1 aliphatic rings. The van der Waals surface area contributed by atoms with Crippen molar-refractivity contribution in [3.63, 3.8) is 0 Å². The van der Waals surface area contributed by atoms with Gasteiger partial charge >= 0.3 is 5.97 Å². The van der Waals surface area contributed by atoms with Gasteiger partial charge in [-0.1, -0.05) is 30.3 Å². The first-order valence-corrected chi connectivity index (χ1v) is 12.5. The summed E-state index contributed by atoms with van der Waals surface area (Å²) in [6.45, 7) is 4.30. The molecule has 3 heterocycles. The van der Waals surface area contributed by atoms with Crippen LogP contribution < -0.4 is 5.32 Å². The summed E-state index contributed by atoms with van der Waals surface area (Å²) in [5.74, 6) is 0.131. The Hall–Kier alpha value is -2.98. The summed E-state index contributed by atoms with van der Waals surface area (Å²) in [6, 6.07) is 5.58. The van der Waals surface area contributed by atoms with Crippen molar-refractivity contribution in [3.05, 3.63) is 53.1 Å². The minimum Gasteiger partial charge on any atom is -0.465 e. The standard InChI is InChI=1S/C23H25N5O3S2/c1-3-13-28-20(16-10-7-8-12-24-16)26-27-23(28)32-14-18(29)25-21-19(22(30)31-2)15-9-5-4-6-11-17(15)33-21/h3,7-8,10,12H,1,4-6,9,11,13-14H2,2H3,(H,25,29). The molecule has 3 aromatic rings. The number of carbonyl (C=O) groups excluding carboxylic acids is 2. The van der Waals surface area contributed by atoms with E-state index in [0.717, 1.165) is 37.7 Å². The van der Waals surface area contributed by atoms with Crippen LogP contribution in [0.2, 0.25) is 0 Å². The Bertz CT molecular complexity index is 1160. The van der Waals surface area contributed by atoms with Crippen molar-refractivity contribution in [3.8, 4) is 11.5 Å². The number of thioether (sulfide) groups is 1. The van der Waals surface area contributed by atoms with Gasteiger partial charge in [0.15, 0.2) is 11.0 Å². The number of methoxy groups -OCH3 is 1. The number of allylic oxidation sites excluding steroid dienone is 1. The van der Waals surface area contributed by atoms with E-state index in [-0.39, 0.29) is 11.7 Å². The third kappa shape index (κ3) is 5.17. The number of thiophene rings is 1. The van der Waals surface area contributed by atoms with Gasteiger partial charge < -0.3 is 10.1 Å². The molecule has 0 fully saturated rings. The van der Waals surface area contributed by atoms with Crippen LogP contribution in [0.4, 0.5) is 5.00 Å². The summed E-state index contributed by atoms with van der Waals surface area (Å²) >= 11 is 2.76. The van der Waals surface area contributed by atoms with Crippen molar-refractivity contribution < 1.29 is 14.3 Å². The van der Waals surface area contributed by atoms with Gasteiger partial charge in [-0.2, -0.15) is 0 Å². The normalized spacial score (nSPS) is 13.1. The van der Waals surface area contributed by atoms with E-state index in [1.54, 1.807) is 12.3 Å². The van der Waals surface area contributed by atoms with Crippen molar-refractivity contribution in [1.29, 1.82) is 0 Å². The summed E-state index contributed by atoms with van der Waals surface area (Å²) in [4.78, 5) is 30.8. The van der Waals surface area contributed by atoms with Gasteiger partial charge in [0, 0.05) is 17.6 Å². The monoisotopic (exact) mass is 483 g/mol. The molecule has 172 valence electrons. The van der Waals surface area contributed by atoms with Crippen molar-refractivity contribution in [2.24, 2.45) is 0 Å². The van der Waals surface area contributed by atoms with Crippen LogP contribution in [-0.2, 0) is 28.9 Å². The molecule has 0 radical (unpaired) electrons. The minimum absolute atomic E-state index is 0.126. The second-order valence-electron chi connectivity index (χ2n) is 7.52. The van der Waals surface area contributed by atoms with Gasteiger partial charge in [-0.15, -0.1) is 28.1 Å². The summed E-state index contributed by atoms with van der Waals surface area (Å²) in [5, 5.41) is 12.6. The zero-order chi connectivity index (χ0) is 23.2. The fourth-order valence-corrected chi connectivity index (χ4v) is 5.86. The van der Waals surface area contributed by atoms with Gasteiger partial charge in [-0.25, -0.2) is 4.79 Å². The zero-order valence-electron chi connectivity index (χ0n) is 18.4. The number of aryl methyl sites for hydroxylation is 1. The molecule has 4 rings (SSSR count). The Kier molecular flexibility index (Phi) is 7.56. The minimum atomic E-state index is -0.400. The Morgan fingerprint density at radius 2 is 2.12 bits per heavy atom. The Balaban J connectivity index is 1.50. The summed E-state index contributed by atoms with van der Waals surface area (Å²) < 4.78 is 6.89. The van der Waals surface area contributed by atoms with E-state index in [1.807, 2.05) is 22.8 Å². The number of nitrogens with zero attached hydrogens (tertiary/aromatic N) is 4. The predicted molar refractivity (Wildman–Crippen MR) is 130 cm³/mol. The summed E-state index contributed by atoms with van der Waals surface area (Å²) in [7, 11) is 1.37. The smallest absolute Gasteiger partial charge is 0.341 e. The van der Waals surface area contributed by atoms with Crippen molar-refractivity contribution in [1.82, 2.24) is 19.7 Å². The number of hydrogen-bond acceptors (Lipinski definition) is 8. The number of esters is 1. The van der Waals surface area contributed by atoms with Gasteiger partial charge in [0.05, 0.1) is 18.4 Å². The molecule has 1 aliphatic carbocycles. The second-order valence-corrected chi connectivity index (χ2v) is 9.57. The van der Waals surface area contributed by atoms with E-state index < -0.39 is 5.97 Å². The molecular weight excluding hydrogens is 458 g/mol. The molecule has 0 saturated heterocycles. The van der Waals surface area contributed by atoms with Gasteiger partial charge in [0.1, 0.15) is 10.7 Å². The fraction of sp³-hybridized carbons (Fsp3) is 0.348. The molecule has 8 nitrogen and oxygen atoms in total. The first-order valence-electron chi connectivity index (χ1n) is 10.7. The van der Waals surface area contributed by atoms with E-state index in [9.17, 15) is 9.59 Å². The number of carbonyl (C=O) groups is 2. The van der Waals surface area contributed by atoms with Crippen LogP contribution in [0, 0.1) is 0 Å². The Labute approximate surface area is 200 Å². The molecule has 0 aromatic carbocycles. The molecule has 0 atom stereocenters. The number of aromatic nitrogens is 4. The molecule has 0 saturated carbocycles. The lowest BCUT2D eigenvalue weighted by Crippen LogP contribution is -2.16. The highest BCUT2D eigenvalue weighted by molar-refractivity contribution is 7.99. The maximum atomic E-state index is 12.8. The zero-order valence-corrected chi connectivity index (χ0v) is 20.0. The van der Waals surface area contributed by atoms with Gasteiger partial charge in [0.25, 0.3) is 0 Å². The molecule has 0 aliphatic heterocycles. The van der Waals surface area contributed by atoms with Crippen LogP contribution >= 0.6 is 23.1 Å². The molecule has 1 amide bonds. The molecule has 33 heavy (non-hydrogen) atoms. The van der Waals surface area contributed by atoms with Gasteiger partial charge in [-0.05, 0) is 43.4 Å². The largest absolute Gasteiger partial charge is 0.465 e. The molecular formula is C23H25N5O3S2. The second kappa shape index (κ2) is 10.8. The average molecular weight is 484 g/mol. The van der Waals surface area contributed by atoms with Crippen molar-refractivity contribution in [2.45, 2.75) is 43.8 Å². The van der Waals surface area contributed by atoms with E-state index in [2.05, 4.69) is 27.1 Å². The number of anilines is 1. The molecule has 0 bridgehead atoms. The van der Waals surface area contributed by atoms with Crippen molar-refractivity contribution >= 4 is 40.0 Å². The lowest BCUT2D eigenvalue weighted by atomic mass is 10.1. The van der Waals surface area contributed by atoms with Crippen molar-refractivity contribution in [2.75, 3.05) is 18.2 Å². The maximum Gasteiger partial charge on any atom is 0.341 e. The number of hydrogen-bond donors (Lipinski definition) is 1. The first kappa shape index (κ1) is 23.2. The SMILES string of the molecule is C=CCn1c(SCC(=O)Nc2sc3c(c2C(=O)OC)CCCCC3)nnc1-c1ccccn1. The molecule has 0 spiro atoms. The fourth-order valence-electron chi connectivity index (χ4n) is 3.82. The summed E-state index contributed by atoms with van der Waals surface area (Å²) in [5.41, 5.74) is 2.23. The summed E-state index contributed by atoms with van der Waals surface area (Å²) in [6.07, 6.45) is 8.48. The van der Waals surface area contributed by atoms with E-state index in [0.29, 0.717) is 33.8 Å². The number of pyridine rings is 1. The molecule has 0 unspecified atom stereocenters. The number of nitrogens with one attached hydrogen (secondary N) is 1. The van der Waals surface area contributed by atoms with Crippen LogP contribution in [0.25, 0.3) is 11.5 Å². The highest BCUT2D eigenvalue weighted by Gasteiger charge is 2.26. The number of ether oxygens (including phenoxy) is 1. The van der Waals surface area contributed by atoms with E-state index in [1.165, 1.54) is 35.1 Å². The first-order chi connectivity index (χ1) is 16.1. The molecule has 3 aromatic heterocycles. The number of fused-ring (bicyclic) bond motifs is 1. The molecule has 1 N–H and O–H groups in total. The number of amides is 1. The highest BCUT2D eigenvalue weighted by Crippen LogP contribution is 2.38. The Morgan fingerprint density at radius 1 is 1.27 bits per heavy atom. The van der Waals surface area contributed by atoms with E-state index >= 15 is 0 Å². The topological polar surface area (TPSA) is 99.0 Å². The third-order valence-electron chi connectivity index (χ3n) is 5.32. The lowest BCUT2D eigenvalue weighted by molar-refractivity contribution is -0.113. The van der Waals surface area contributed by atoms with Crippen LogP contribution in [0.5, 0.6) is 0 Å². The highest BCUT2D eigenvalue weighted by atomic mass is 32.2. The lowest BCUT2D eigenvalue weighted by Gasteiger charge is -2.08. The number of rotatable bonds is 8. The van der Waals surface area contributed by atoms with Crippen LogP contribution in [0.3, 0.4) is 0 Å². The van der Waals surface area contributed by atoms with Crippen LogP contribution in [-0.4, -0.2) is 44.5 Å². The van der Waals surface area contributed by atoms with Gasteiger partial charge in [0.2, 0.25) is 5.91 Å². The average Bonchev–Trinajstić information content (AvgIpc) is 3.30.